The van der Waals surface area contributed by atoms with Gasteiger partial charge in [-0.15, -0.1) is 0 Å². The van der Waals surface area contributed by atoms with Crippen molar-refractivity contribution in [1.82, 2.24) is 0 Å². The molecule has 1 aliphatic rings. The number of phenols is 2. The number of hydrogen-bond acceptors (Lipinski definition) is 8. The van der Waals surface area contributed by atoms with E-state index in [0.29, 0.717) is 0 Å². The summed E-state index contributed by atoms with van der Waals surface area (Å²) in [5, 5.41) is 22.2. The molecule has 0 amide bonds. The minimum atomic E-state index is -3.64. The zero-order chi connectivity index (χ0) is 33.5. The first-order valence-electron chi connectivity index (χ1n) is 15.3. The van der Waals surface area contributed by atoms with Crippen LogP contribution in [-0.2, 0) is 61.2 Å². The molecular weight excluding hydrogens is 638 g/mol. The van der Waals surface area contributed by atoms with Gasteiger partial charge in [-0.05, 0) is 55.0 Å². The van der Waals surface area contributed by atoms with Crippen molar-refractivity contribution >= 4 is 52.9 Å². The number of aromatic hydroxyl groups is 2. The molecule has 1 heterocycles. The molecule has 0 radical (unpaired) electrons. The molecule has 0 saturated carbocycles. The van der Waals surface area contributed by atoms with E-state index in [4.69, 9.17) is 18.1 Å². The summed E-state index contributed by atoms with van der Waals surface area (Å²) >= 11 is 0. The van der Waals surface area contributed by atoms with Crippen LogP contribution >= 0.6 is 15.2 Å². The molecule has 0 atom stereocenters. The fourth-order valence-corrected chi connectivity index (χ4v) is 8.45. The van der Waals surface area contributed by atoms with E-state index in [1.165, 1.54) is 0 Å². The first-order valence-corrected chi connectivity index (χ1v) is 18.8. The van der Waals surface area contributed by atoms with Crippen LogP contribution < -0.4 is 0 Å². The molecular formula is C34H56CaO8P2. The Kier molecular flexibility index (Phi) is 13.2. The van der Waals surface area contributed by atoms with E-state index in [2.05, 4.69) is 0 Å². The van der Waals surface area contributed by atoms with Gasteiger partial charge < -0.3 is 31.2 Å². The first kappa shape index (κ1) is 40.8. The third-order valence-electron chi connectivity index (χ3n) is 7.64. The minimum Gasteiger partial charge on any atom is -1.00 e. The van der Waals surface area contributed by atoms with Crippen molar-refractivity contribution in [3.05, 3.63) is 57.6 Å². The van der Waals surface area contributed by atoms with Crippen LogP contribution in [0.15, 0.2) is 24.3 Å². The Balaban J connectivity index is 0.00000705. The van der Waals surface area contributed by atoms with Gasteiger partial charge in [0.1, 0.15) is 11.5 Å². The molecule has 0 spiro atoms. The summed E-state index contributed by atoms with van der Waals surface area (Å²) in [4.78, 5) is 0. The van der Waals surface area contributed by atoms with E-state index in [0.717, 1.165) is 33.4 Å². The van der Waals surface area contributed by atoms with Gasteiger partial charge >= 0.3 is 52.9 Å². The van der Waals surface area contributed by atoms with Gasteiger partial charge in [0.25, 0.3) is 0 Å². The van der Waals surface area contributed by atoms with Crippen LogP contribution in [0.5, 0.6) is 11.5 Å². The molecule has 8 nitrogen and oxygen atoms in total. The topological polar surface area (TPSA) is 112 Å². The van der Waals surface area contributed by atoms with E-state index < -0.39 is 15.2 Å². The average Bonchev–Trinajstić information content (AvgIpc) is 2.84. The second kappa shape index (κ2) is 14.6. The summed E-state index contributed by atoms with van der Waals surface area (Å²) < 4.78 is 51.0. The van der Waals surface area contributed by atoms with Gasteiger partial charge in [-0.3, -0.25) is 9.13 Å². The van der Waals surface area contributed by atoms with Crippen LogP contribution in [0.1, 0.15) is 119 Å². The van der Waals surface area contributed by atoms with E-state index in [1.54, 1.807) is 0 Å². The molecule has 11 heteroatoms. The Morgan fingerprint density at radius 2 is 0.733 bits per heavy atom. The Morgan fingerprint density at radius 3 is 0.911 bits per heavy atom. The third kappa shape index (κ3) is 10.8. The maximum absolute atomic E-state index is 13.9. The van der Waals surface area contributed by atoms with Gasteiger partial charge in [0, 0.05) is 0 Å². The van der Waals surface area contributed by atoms with Gasteiger partial charge in [-0.2, -0.15) is 0 Å². The maximum Gasteiger partial charge on any atom is 2.00 e. The molecule has 45 heavy (non-hydrogen) atoms. The smallest absolute Gasteiger partial charge is 1.00 e. The van der Waals surface area contributed by atoms with Crippen molar-refractivity contribution in [3.8, 4) is 11.5 Å². The molecule has 1 aliphatic heterocycles. The first-order chi connectivity index (χ1) is 19.8. The van der Waals surface area contributed by atoms with Gasteiger partial charge in [0.15, 0.2) is 0 Å². The molecule has 2 aromatic carbocycles. The summed E-state index contributed by atoms with van der Waals surface area (Å²) in [5.74, 6) is 0.491. The number of benzene rings is 2. The van der Waals surface area contributed by atoms with E-state index in [1.807, 2.05) is 107 Å². The maximum atomic E-state index is 13.9. The molecule has 1 fully saturated rings. The SMILES string of the molecule is CC(C)(C)c1cc(CP2(=O)OCCOP(=O)(Cc3cc(C(C)(C)C)c(O)c(C(C)(C)C)c3)OCCO2)cc(C(C)(C)C)c1O.[Ca+2].[H-].[H-]. The van der Waals surface area contributed by atoms with Crippen molar-refractivity contribution in [1.29, 1.82) is 0 Å². The monoisotopic (exact) mass is 694 g/mol. The predicted octanol–water partition coefficient (Wildman–Crippen LogP) is 9.30. The van der Waals surface area contributed by atoms with Gasteiger partial charge in [0.05, 0.1) is 38.8 Å². The summed E-state index contributed by atoms with van der Waals surface area (Å²) in [5.41, 5.74) is 3.17. The van der Waals surface area contributed by atoms with E-state index >= 15 is 0 Å². The van der Waals surface area contributed by atoms with Crippen LogP contribution in [0, 0.1) is 0 Å². The van der Waals surface area contributed by atoms with E-state index in [-0.39, 0.29) is 113 Å². The van der Waals surface area contributed by atoms with Crippen molar-refractivity contribution < 1.29 is 40.3 Å². The Morgan fingerprint density at radius 1 is 0.533 bits per heavy atom. The van der Waals surface area contributed by atoms with Crippen molar-refractivity contribution in [2.45, 2.75) is 117 Å². The normalized spacial score (nSPS) is 22.5. The van der Waals surface area contributed by atoms with Crippen LogP contribution in [0.4, 0.5) is 0 Å². The Bertz CT molecular complexity index is 1250. The molecule has 1 saturated heterocycles. The Labute approximate surface area is 304 Å². The molecule has 2 aromatic rings. The molecule has 3 rings (SSSR count). The summed E-state index contributed by atoms with van der Waals surface area (Å²) in [6.45, 7) is 23.9. The average molecular weight is 695 g/mol. The number of rotatable bonds is 4. The van der Waals surface area contributed by atoms with Gasteiger partial charge in [-0.1, -0.05) is 107 Å². The van der Waals surface area contributed by atoms with Crippen molar-refractivity contribution in [2.24, 2.45) is 0 Å². The van der Waals surface area contributed by atoms with Crippen molar-refractivity contribution in [3.63, 3.8) is 0 Å². The molecule has 0 aliphatic carbocycles. The van der Waals surface area contributed by atoms with Crippen LogP contribution in [0.3, 0.4) is 0 Å². The largest absolute Gasteiger partial charge is 2.00 e. The fourth-order valence-electron chi connectivity index (χ4n) is 5.27. The molecule has 0 aromatic heterocycles. The zero-order valence-corrected chi connectivity index (χ0v) is 33.5. The summed E-state index contributed by atoms with van der Waals surface area (Å²) in [6.07, 6.45) is 0.0194. The molecule has 2 N–H and O–H groups in total. The minimum absolute atomic E-state index is 0. The molecule has 0 bridgehead atoms. The quantitative estimate of drug-likeness (QED) is 0.241. The summed E-state index contributed by atoms with van der Waals surface area (Å²) in [7, 11) is -7.27. The van der Waals surface area contributed by atoms with E-state index in [9.17, 15) is 19.3 Å². The van der Waals surface area contributed by atoms with Crippen molar-refractivity contribution in [2.75, 3.05) is 26.4 Å². The summed E-state index contributed by atoms with van der Waals surface area (Å²) in [6, 6.07) is 7.47. The predicted molar refractivity (Wildman–Crippen MR) is 185 cm³/mol. The number of hydrogen-bond donors (Lipinski definition) is 2. The fraction of sp³-hybridized carbons (Fsp3) is 0.647. The zero-order valence-electron chi connectivity index (χ0n) is 31.5. The number of phenolic OH excluding ortho intramolecular Hbond substituents is 2. The molecule has 0 unspecified atom stereocenters. The Hall–Kier alpha value is -0.400. The van der Waals surface area contributed by atoms with Crippen LogP contribution in [-0.4, -0.2) is 74.4 Å². The third-order valence-corrected chi connectivity index (χ3v) is 11.5. The van der Waals surface area contributed by atoms with Gasteiger partial charge in [0.2, 0.25) is 0 Å². The second-order valence-electron chi connectivity index (χ2n) is 16.0. The second-order valence-corrected chi connectivity index (χ2v) is 20.1. The molecule has 252 valence electrons. The van der Waals surface area contributed by atoms with Crippen LogP contribution in [0.25, 0.3) is 0 Å². The van der Waals surface area contributed by atoms with Gasteiger partial charge in [-0.25, -0.2) is 0 Å². The van der Waals surface area contributed by atoms with Crippen LogP contribution in [0.2, 0.25) is 0 Å². The standard InChI is InChI=1S/C34H54O8P2.Ca.2H/c1-31(2,3)25-17-23(18-26(29(25)35)32(4,5)6)21-43(37)39-13-15-41-44(38,42-16-14-40-43)22-24-19-27(33(7,8)9)30(36)28(20-24)34(10,11)12;;;/h17-20,35-36H,13-16,21-22H2,1-12H3;;;/q;+2;2*-1.